The lowest BCUT2D eigenvalue weighted by Gasteiger charge is -2.33. The van der Waals surface area contributed by atoms with Crippen LogP contribution in [0.3, 0.4) is 0 Å². The Morgan fingerprint density at radius 2 is 1.78 bits per heavy atom. The maximum atomic E-state index is 6.15. The van der Waals surface area contributed by atoms with E-state index < -0.39 is 0 Å². The minimum absolute atomic E-state index is 0.313. The van der Waals surface area contributed by atoms with E-state index >= 15 is 0 Å². The summed E-state index contributed by atoms with van der Waals surface area (Å²) in [7, 11) is 0. The van der Waals surface area contributed by atoms with Crippen molar-refractivity contribution < 1.29 is 9.47 Å². The van der Waals surface area contributed by atoms with Gasteiger partial charge in [-0.1, -0.05) is 12.8 Å². The van der Waals surface area contributed by atoms with Gasteiger partial charge in [-0.05, 0) is 46.5 Å². The van der Waals surface area contributed by atoms with Crippen molar-refractivity contribution >= 4 is 0 Å². The molecular formula is C15H29NO2. The third kappa shape index (κ3) is 4.52. The largest absolute Gasteiger partial charge is 0.375 e. The molecular weight excluding hydrogens is 226 g/mol. The standard InChI is InChI=1S/C15H29NO2/c1-11-8-15(9-12(2)17-11)18-13(3)10-16-14-6-4-5-7-14/h11-16H,4-10H2,1-3H3. The molecule has 1 N–H and O–H groups in total. The van der Waals surface area contributed by atoms with Gasteiger partial charge in [-0.2, -0.15) is 0 Å². The molecule has 0 spiro atoms. The van der Waals surface area contributed by atoms with E-state index in [2.05, 4.69) is 26.1 Å². The van der Waals surface area contributed by atoms with Gasteiger partial charge in [-0.3, -0.25) is 0 Å². The Morgan fingerprint density at radius 1 is 1.17 bits per heavy atom. The summed E-state index contributed by atoms with van der Waals surface area (Å²) in [5, 5.41) is 3.64. The van der Waals surface area contributed by atoms with E-state index in [0.717, 1.165) is 25.4 Å². The first-order valence-electron chi connectivity index (χ1n) is 7.67. The Bertz CT molecular complexity index is 231. The molecule has 106 valence electrons. The minimum atomic E-state index is 0.313. The van der Waals surface area contributed by atoms with Crippen molar-refractivity contribution in [2.45, 2.75) is 89.8 Å². The molecule has 0 bridgehead atoms. The summed E-state index contributed by atoms with van der Waals surface area (Å²) < 4.78 is 11.9. The molecule has 1 heterocycles. The van der Waals surface area contributed by atoms with Crippen molar-refractivity contribution in [3.63, 3.8) is 0 Å². The van der Waals surface area contributed by atoms with Crippen molar-refractivity contribution in [1.29, 1.82) is 0 Å². The van der Waals surface area contributed by atoms with E-state index in [-0.39, 0.29) is 0 Å². The second-order valence-electron chi connectivity index (χ2n) is 6.19. The van der Waals surface area contributed by atoms with Gasteiger partial charge in [-0.25, -0.2) is 0 Å². The number of hydrogen-bond donors (Lipinski definition) is 1. The zero-order chi connectivity index (χ0) is 13.0. The molecule has 2 aliphatic rings. The highest BCUT2D eigenvalue weighted by atomic mass is 16.5. The quantitative estimate of drug-likeness (QED) is 0.819. The van der Waals surface area contributed by atoms with Crippen LogP contribution in [0.5, 0.6) is 0 Å². The Morgan fingerprint density at radius 3 is 2.39 bits per heavy atom. The molecule has 1 aliphatic heterocycles. The third-order valence-electron chi connectivity index (χ3n) is 4.13. The zero-order valence-electron chi connectivity index (χ0n) is 12.2. The molecule has 18 heavy (non-hydrogen) atoms. The predicted octanol–water partition coefficient (Wildman–Crippen LogP) is 2.88. The fourth-order valence-electron chi connectivity index (χ4n) is 3.29. The minimum Gasteiger partial charge on any atom is -0.375 e. The number of rotatable bonds is 5. The lowest BCUT2D eigenvalue weighted by atomic mass is 10.0. The summed E-state index contributed by atoms with van der Waals surface area (Å²) in [5.41, 5.74) is 0. The van der Waals surface area contributed by atoms with E-state index in [1.54, 1.807) is 0 Å². The monoisotopic (exact) mass is 255 g/mol. The first kappa shape index (κ1) is 14.3. The molecule has 0 aromatic heterocycles. The number of hydrogen-bond acceptors (Lipinski definition) is 3. The molecule has 0 amide bonds. The van der Waals surface area contributed by atoms with E-state index in [9.17, 15) is 0 Å². The van der Waals surface area contributed by atoms with Crippen molar-refractivity contribution in [3.05, 3.63) is 0 Å². The van der Waals surface area contributed by atoms with E-state index in [0.29, 0.717) is 24.4 Å². The molecule has 3 atom stereocenters. The SMILES string of the molecule is CC1CC(OC(C)CNC2CCCC2)CC(C)O1. The molecule has 2 rings (SSSR count). The first-order chi connectivity index (χ1) is 8.63. The van der Waals surface area contributed by atoms with Crippen LogP contribution in [0.4, 0.5) is 0 Å². The van der Waals surface area contributed by atoms with Gasteiger partial charge < -0.3 is 14.8 Å². The molecule has 2 fully saturated rings. The second-order valence-corrected chi connectivity index (χ2v) is 6.19. The van der Waals surface area contributed by atoms with Gasteiger partial charge >= 0.3 is 0 Å². The van der Waals surface area contributed by atoms with E-state index in [1.165, 1.54) is 25.7 Å². The van der Waals surface area contributed by atoms with Crippen LogP contribution in [0.1, 0.15) is 59.3 Å². The summed E-state index contributed by atoms with van der Waals surface area (Å²) in [5.74, 6) is 0. The molecule has 3 heteroatoms. The smallest absolute Gasteiger partial charge is 0.0675 e. The van der Waals surface area contributed by atoms with Gasteiger partial charge in [0.15, 0.2) is 0 Å². The van der Waals surface area contributed by atoms with Crippen LogP contribution >= 0.6 is 0 Å². The number of ether oxygens (including phenoxy) is 2. The Labute approximate surface area is 112 Å². The van der Waals surface area contributed by atoms with Crippen molar-refractivity contribution in [3.8, 4) is 0 Å². The van der Waals surface area contributed by atoms with E-state index in [1.807, 2.05) is 0 Å². The normalized spacial score (nSPS) is 35.8. The highest BCUT2D eigenvalue weighted by Gasteiger charge is 2.26. The van der Waals surface area contributed by atoms with Crippen LogP contribution in [0.15, 0.2) is 0 Å². The summed E-state index contributed by atoms with van der Waals surface area (Å²) in [6.45, 7) is 7.47. The van der Waals surface area contributed by atoms with Crippen LogP contribution in [0, 0.1) is 0 Å². The average molecular weight is 255 g/mol. The van der Waals surface area contributed by atoms with Crippen molar-refractivity contribution in [1.82, 2.24) is 5.32 Å². The first-order valence-corrected chi connectivity index (χ1v) is 7.67. The molecule has 1 saturated heterocycles. The highest BCUT2D eigenvalue weighted by Crippen LogP contribution is 2.23. The lowest BCUT2D eigenvalue weighted by Crippen LogP contribution is -2.39. The topological polar surface area (TPSA) is 30.5 Å². The van der Waals surface area contributed by atoms with Crippen LogP contribution in [0.25, 0.3) is 0 Å². The third-order valence-corrected chi connectivity index (χ3v) is 4.13. The Kier molecular flexibility index (Phi) is 5.46. The molecule has 3 unspecified atom stereocenters. The maximum absolute atomic E-state index is 6.15. The van der Waals surface area contributed by atoms with Gasteiger partial charge in [0, 0.05) is 12.6 Å². The predicted molar refractivity (Wildman–Crippen MR) is 73.8 cm³/mol. The van der Waals surface area contributed by atoms with Crippen molar-refractivity contribution in [2.75, 3.05) is 6.54 Å². The maximum Gasteiger partial charge on any atom is 0.0675 e. The average Bonchev–Trinajstić information content (AvgIpc) is 2.77. The van der Waals surface area contributed by atoms with Gasteiger partial charge in [0.1, 0.15) is 0 Å². The van der Waals surface area contributed by atoms with Crippen LogP contribution in [0.2, 0.25) is 0 Å². The Hall–Kier alpha value is -0.120. The van der Waals surface area contributed by atoms with Crippen LogP contribution in [-0.4, -0.2) is 37.0 Å². The summed E-state index contributed by atoms with van der Waals surface area (Å²) >= 11 is 0. The summed E-state index contributed by atoms with van der Waals surface area (Å²) in [6.07, 6.45) is 8.93. The summed E-state index contributed by atoms with van der Waals surface area (Å²) in [4.78, 5) is 0. The number of nitrogens with one attached hydrogen (secondary N) is 1. The van der Waals surface area contributed by atoms with Gasteiger partial charge in [0.2, 0.25) is 0 Å². The van der Waals surface area contributed by atoms with Gasteiger partial charge in [0.25, 0.3) is 0 Å². The molecule has 0 radical (unpaired) electrons. The molecule has 3 nitrogen and oxygen atoms in total. The van der Waals surface area contributed by atoms with E-state index in [4.69, 9.17) is 9.47 Å². The van der Waals surface area contributed by atoms with Gasteiger partial charge in [0.05, 0.1) is 24.4 Å². The van der Waals surface area contributed by atoms with Crippen molar-refractivity contribution in [2.24, 2.45) is 0 Å². The molecule has 0 aromatic carbocycles. The summed E-state index contributed by atoms with van der Waals surface area (Å²) in [6, 6.07) is 0.739. The highest BCUT2D eigenvalue weighted by molar-refractivity contribution is 4.77. The fraction of sp³-hybridized carbons (Fsp3) is 1.00. The lowest BCUT2D eigenvalue weighted by molar-refractivity contribution is -0.117. The molecule has 0 aromatic rings. The van der Waals surface area contributed by atoms with Crippen LogP contribution in [-0.2, 0) is 9.47 Å². The Balaban J connectivity index is 1.64. The van der Waals surface area contributed by atoms with Gasteiger partial charge in [-0.15, -0.1) is 0 Å². The second kappa shape index (κ2) is 6.88. The fourth-order valence-corrected chi connectivity index (χ4v) is 3.29. The van der Waals surface area contributed by atoms with Crippen LogP contribution < -0.4 is 5.32 Å². The molecule has 1 saturated carbocycles. The zero-order valence-corrected chi connectivity index (χ0v) is 12.2. The molecule has 1 aliphatic carbocycles.